The van der Waals surface area contributed by atoms with E-state index >= 15 is 0 Å². The average Bonchev–Trinajstić information content (AvgIpc) is 3.29. The third-order valence-corrected chi connectivity index (χ3v) is 5.63. The molecule has 0 spiro atoms. The number of urea groups is 1. The molecule has 1 aliphatic heterocycles. The van der Waals surface area contributed by atoms with Crippen molar-refractivity contribution in [1.29, 1.82) is 0 Å². The van der Waals surface area contributed by atoms with Crippen LogP contribution in [-0.2, 0) is 0 Å². The largest absolute Gasteiger partial charge is 0.336 e. The lowest BCUT2D eigenvalue weighted by Crippen LogP contribution is -2.39. The molecule has 3 heterocycles. The number of anilines is 1. The van der Waals surface area contributed by atoms with Crippen LogP contribution in [0.25, 0.3) is 11.0 Å². The zero-order valence-electron chi connectivity index (χ0n) is 14.0. The Balaban J connectivity index is 1.81. The van der Waals surface area contributed by atoms with Gasteiger partial charge in [0.1, 0.15) is 5.82 Å². The van der Waals surface area contributed by atoms with Gasteiger partial charge >= 0.3 is 6.03 Å². The molecule has 1 unspecified atom stereocenters. The molecule has 2 aromatic heterocycles. The Bertz CT molecular complexity index is 872. The first-order chi connectivity index (χ1) is 12.2. The highest BCUT2D eigenvalue weighted by molar-refractivity contribution is 7.98. The fourth-order valence-electron chi connectivity index (χ4n) is 3.83. The zero-order chi connectivity index (χ0) is 17.4. The van der Waals surface area contributed by atoms with Crippen molar-refractivity contribution in [2.75, 3.05) is 17.7 Å². The number of fused-ring (bicyclic) bond motifs is 1. The minimum atomic E-state index is -0.106. The van der Waals surface area contributed by atoms with Gasteiger partial charge in [-0.2, -0.15) is 0 Å². The SMILES string of the molecule is C#Cc1cc(N2C(=O)NCC2C2CCCC2)nc2nc(SC)ncc12. The number of nitrogens with zero attached hydrogens (tertiary/aromatic N) is 4. The number of pyridine rings is 1. The number of terminal acetylenes is 1. The molecule has 25 heavy (non-hydrogen) atoms. The van der Waals surface area contributed by atoms with Gasteiger partial charge in [-0.3, -0.25) is 4.90 Å². The van der Waals surface area contributed by atoms with Gasteiger partial charge in [0.15, 0.2) is 10.8 Å². The van der Waals surface area contributed by atoms with E-state index in [4.69, 9.17) is 6.42 Å². The Morgan fingerprint density at radius 2 is 2.16 bits per heavy atom. The number of rotatable bonds is 3. The predicted molar refractivity (Wildman–Crippen MR) is 98.7 cm³/mol. The first kappa shape index (κ1) is 16.2. The normalized spacial score (nSPS) is 20.9. The van der Waals surface area contributed by atoms with Crippen molar-refractivity contribution in [3.05, 3.63) is 17.8 Å². The summed E-state index contributed by atoms with van der Waals surface area (Å²) >= 11 is 1.45. The number of carbonyl (C=O) groups excluding carboxylic acids is 1. The molecule has 4 rings (SSSR count). The molecule has 0 aromatic carbocycles. The molecule has 1 atom stereocenters. The second kappa shape index (κ2) is 6.52. The van der Waals surface area contributed by atoms with Crippen LogP contribution in [-0.4, -0.2) is 39.8 Å². The van der Waals surface area contributed by atoms with Crippen LogP contribution in [0, 0.1) is 18.3 Å². The van der Waals surface area contributed by atoms with E-state index in [-0.39, 0.29) is 12.1 Å². The molecule has 128 valence electrons. The quantitative estimate of drug-likeness (QED) is 0.522. The van der Waals surface area contributed by atoms with Gasteiger partial charge in [0.2, 0.25) is 0 Å². The Hall–Kier alpha value is -2.33. The number of nitrogens with one attached hydrogen (secondary N) is 1. The van der Waals surface area contributed by atoms with Crippen molar-refractivity contribution < 1.29 is 4.79 Å². The summed E-state index contributed by atoms with van der Waals surface area (Å²) in [6.07, 6.45) is 14.1. The van der Waals surface area contributed by atoms with Crippen LogP contribution < -0.4 is 10.2 Å². The van der Waals surface area contributed by atoms with E-state index in [1.165, 1.54) is 24.6 Å². The van der Waals surface area contributed by atoms with Crippen LogP contribution in [0.2, 0.25) is 0 Å². The van der Waals surface area contributed by atoms with Crippen LogP contribution in [0.1, 0.15) is 31.2 Å². The van der Waals surface area contributed by atoms with Gasteiger partial charge in [0, 0.05) is 18.3 Å². The number of amides is 2. The van der Waals surface area contributed by atoms with Gasteiger partial charge in [0.05, 0.1) is 11.4 Å². The lowest BCUT2D eigenvalue weighted by Gasteiger charge is -2.27. The fraction of sp³-hybridized carbons (Fsp3) is 0.444. The maximum Gasteiger partial charge on any atom is 0.323 e. The van der Waals surface area contributed by atoms with E-state index in [9.17, 15) is 4.79 Å². The van der Waals surface area contributed by atoms with Crippen molar-refractivity contribution >= 4 is 34.6 Å². The van der Waals surface area contributed by atoms with Crippen LogP contribution >= 0.6 is 11.8 Å². The summed E-state index contributed by atoms with van der Waals surface area (Å²) in [5, 5.41) is 4.34. The maximum atomic E-state index is 12.5. The Labute approximate surface area is 150 Å². The molecular formula is C18H19N5OS. The Morgan fingerprint density at radius 1 is 1.36 bits per heavy atom. The van der Waals surface area contributed by atoms with Crippen LogP contribution in [0.3, 0.4) is 0 Å². The summed E-state index contributed by atoms with van der Waals surface area (Å²) in [5.74, 6) is 3.78. The molecule has 0 bridgehead atoms. The Kier molecular flexibility index (Phi) is 4.22. The van der Waals surface area contributed by atoms with Crippen LogP contribution in [0.4, 0.5) is 10.6 Å². The van der Waals surface area contributed by atoms with E-state index in [1.54, 1.807) is 17.2 Å². The molecule has 1 saturated heterocycles. The number of aromatic nitrogens is 3. The Morgan fingerprint density at radius 3 is 2.88 bits per heavy atom. The molecular weight excluding hydrogens is 334 g/mol. The topological polar surface area (TPSA) is 71.0 Å². The molecule has 2 aromatic rings. The average molecular weight is 353 g/mol. The summed E-state index contributed by atoms with van der Waals surface area (Å²) in [6, 6.07) is 1.83. The number of hydrogen-bond donors (Lipinski definition) is 1. The van der Waals surface area contributed by atoms with Gasteiger partial charge < -0.3 is 5.32 Å². The number of thioether (sulfide) groups is 1. The molecule has 2 fully saturated rings. The molecule has 0 radical (unpaired) electrons. The molecule has 1 aliphatic carbocycles. The van der Waals surface area contributed by atoms with E-state index in [0.717, 1.165) is 18.2 Å². The highest BCUT2D eigenvalue weighted by atomic mass is 32.2. The zero-order valence-corrected chi connectivity index (χ0v) is 14.8. The van der Waals surface area contributed by atoms with E-state index < -0.39 is 0 Å². The minimum absolute atomic E-state index is 0.106. The third-order valence-electron chi connectivity index (χ3n) is 5.07. The minimum Gasteiger partial charge on any atom is -0.336 e. The fourth-order valence-corrected chi connectivity index (χ4v) is 4.17. The second-order valence-electron chi connectivity index (χ2n) is 6.43. The molecule has 7 heteroatoms. The van der Waals surface area contributed by atoms with Gasteiger partial charge in [-0.1, -0.05) is 30.5 Å². The summed E-state index contributed by atoms with van der Waals surface area (Å²) in [5.41, 5.74) is 1.20. The summed E-state index contributed by atoms with van der Waals surface area (Å²) in [7, 11) is 0. The second-order valence-corrected chi connectivity index (χ2v) is 7.21. The monoisotopic (exact) mass is 353 g/mol. The van der Waals surface area contributed by atoms with Crippen molar-refractivity contribution in [2.45, 2.75) is 36.9 Å². The van der Waals surface area contributed by atoms with Crippen LogP contribution in [0.5, 0.6) is 0 Å². The highest BCUT2D eigenvalue weighted by Gasteiger charge is 2.39. The summed E-state index contributed by atoms with van der Waals surface area (Å²) < 4.78 is 0. The standard InChI is InChI=1S/C18H19N5OS/c1-3-11-8-15(21-16-13(11)9-19-17(22-16)25-2)23-14(10-20-18(23)24)12-6-4-5-7-12/h1,8-9,12,14H,4-7,10H2,2H3,(H,20,24). The molecule has 2 aliphatic rings. The third kappa shape index (κ3) is 2.81. The van der Waals surface area contributed by atoms with Gasteiger partial charge in [-0.05, 0) is 31.1 Å². The van der Waals surface area contributed by atoms with Crippen molar-refractivity contribution in [2.24, 2.45) is 5.92 Å². The van der Waals surface area contributed by atoms with Crippen molar-refractivity contribution in [3.63, 3.8) is 0 Å². The smallest absolute Gasteiger partial charge is 0.323 e. The summed E-state index contributed by atoms with van der Waals surface area (Å²) in [6.45, 7) is 0.661. The first-order valence-corrected chi connectivity index (χ1v) is 9.69. The number of carbonyl (C=O) groups is 1. The lowest BCUT2D eigenvalue weighted by atomic mass is 9.97. The predicted octanol–water partition coefficient (Wildman–Crippen LogP) is 2.82. The lowest BCUT2D eigenvalue weighted by molar-refractivity contribution is 0.251. The van der Waals surface area contributed by atoms with E-state index in [0.29, 0.717) is 34.6 Å². The molecule has 1 saturated carbocycles. The summed E-state index contributed by atoms with van der Waals surface area (Å²) in [4.78, 5) is 27.7. The first-order valence-electron chi connectivity index (χ1n) is 8.46. The highest BCUT2D eigenvalue weighted by Crippen LogP contribution is 2.34. The number of hydrogen-bond acceptors (Lipinski definition) is 5. The van der Waals surface area contributed by atoms with Gasteiger partial charge in [-0.15, -0.1) is 6.42 Å². The van der Waals surface area contributed by atoms with E-state index in [1.807, 2.05) is 6.26 Å². The van der Waals surface area contributed by atoms with E-state index in [2.05, 4.69) is 26.2 Å². The maximum absolute atomic E-state index is 12.5. The van der Waals surface area contributed by atoms with Crippen molar-refractivity contribution in [3.8, 4) is 12.3 Å². The van der Waals surface area contributed by atoms with Gasteiger partial charge in [-0.25, -0.2) is 19.7 Å². The van der Waals surface area contributed by atoms with Crippen molar-refractivity contribution in [1.82, 2.24) is 20.3 Å². The molecule has 1 N–H and O–H groups in total. The molecule has 6 nitrogen and oxygen atoms in total. The van der Waals surface area contributed by atoms with Gasteiger partial charge in [0.25, 0.3) is 0 Å². The van der Waals surface area contributed by atoms with Crippen LogP contribution in [0.15, 0.2) is 17.4 Å². The molecule has 2 amide bonds.